The first-order valence-electron chi connectivity index (χ1n) is 5.80. The van der Waals surface area contributed by atoms with Crippen LogP contribution in [0, 0.1) is 0 Å². The average Bonchev–Trinajstić information content (AvgIpc) is 2.42. The minimum atomic E-state index is -4.65. The predicted octanol–water partition coefficient (Wildman–Crippen LogP) is 0.0586. The second-order valence-electron chi connectivity index (χ2n) is 3.99. The first-order chi connectivity index (χ1) is 9.66. The number of nitrogens with one attached hydrogen (secondary N) is 2. The van der Waals surface area contributed by atoms with Crippen molar-refractivity contribution in [3.05, 3.63) is 29.8 Å². The minimum absolute atomic E-state index is 0.171. The Morgan fingerprint density at radius 3 is 2.52 bits per heavy atom. The second kappa shape index (κ2) is 6.87. The molecule has 0 atom stereocenters. The van der Waals surface area contributed by atoms with Crippen molar-refractivity contribution in [2.24, 2.45) is 5.73 Å². The Labute approximate surface area is 119 Å². The van der Waals surface area contributed by atoms with E-state index in [1.807, 2.05) is 4.72 Å². The molecule has 0 spiro atoms. The summed E-state index contributed by atoms with van der Waals surface area (Å²) in [6.45, 7) is -0.227. The molecule has 118 valence electrons. The van der Waals surface area contributed by atoms with Gasteiger partial charge in [-0.1, -0.05) is 6.07 Å². The lowest BCUT2D eigenvalue weighted by atomic mass is 10.2. The van der Waals surface area contributed by atoms with E-state index in [0.717, 1.165) is 18.2 Å². The van der Waals surface area contributed by atoms with Crippen LogP contribution in [0.25, 0.3) is 0 Å². The van der Waals surface area contributed by atoms with Gasteiger partial charge in [-0.3, -0.25) is 4.79 Å². The minimum Gasteiger partial charge on any atom is -0.354 e. The van der Waals surface area contributed by atoms with Gasteiger partial charge in [0.25, 0.3) is 0 Å². The number of rotatable bonds is 6. The van der Waals surface area contributed by atoms with Crippen molar-refractivity contribution in [1.82, 2.24) is 10.0 Å². The third-order valence-electron chi connectivity index (χ3n) is 2.36. The maximum atomic E-state index is 12.5. The van der Waals surface area contributed by atoms with Crippen LogP contribution in [-0.2, 0) is 21.0 Å². The van der Waals surface area contributed by atoms with Gasteiger partial charge in [0, 0.05) is 13.1 Å². The zero-order chi connectivity index (χ0) is 16.1. The number of nitrogens with two attached hydrogens (primary N) is 1. The van der Waals surface area contributed by atoms with Gasteiger partial charge < -0.3 is 11.1 Å². The summed E-state index contributed by atoms with van der Waals surface area (Å²) in [6, 6.07) is 3.24. The molecule has 0 heterocycles. The van der Waals surface area contributed by atoms with Crippen LogP contribution >= 0.6 is 0 Å². The molecule has 0 saturated heterocycles. The first-order valence-corrected chi connectivity index (χ1v) is 7.29. The molecule has 1 amide bonds. The lowest BCUT2D eigenvalue weighted by Crippen LogP contribution is -2.38. The van der Waals surface area contributed by atoms with Gasteiger partial charge in [-0.15, -0.1) is 0 Å². The molecule has 0 radical (unpaired) electrons. The molecule has 1 aromatic carbocycles. The lowest BCUT2D eigenvalue weighted by molar-refractivity contribution is -0.137. The van der Waals surface area contributed by atoms with Crippen LogP contribution in [0.3, 0.4) is 0 Å². The summed E-state index contributed by atoms with van der Waals surface area (Å²) in [4.78, 5) is 10.7. The van der Waals surface area contributed by atoms with Crippen LogP contribution < -0.4 is 15.8 Å². The number of amides is 1. The van der Waals surface area contributed by atoms with E-state index in [4.69, 9.17) is 5.73 Å². The summed E-state index contributed by atoms with van der Waals surface area (Å²) in [6.07, 6.45) is -4.65. The van der Waals surface area contributed by atoms with Crippen LogP contribution in [0.5, 0.6) is 0 Å². The molecule has 0 bridgehead atoms. The molecule has 0 aromatic heterocycles. The fourth-order valence-corrected chi connectivity index (χ4v) is 2.39. The fraction of sp³-hybridized carbons (Fsp3) is 0.364. The topological polar surface area (TPSA) is 101 Å². The van der Waals surface area contributed by atoms with Gasteiger partial charge in [0.2, 0.25) is 15.9 Å². The Kier molecular flexibility index (Phi) is 5.70. The summed E-state index contributed by atoms with van der Waals surface area (Å²) in [5.41, 5.74) is 4.06. The standard InChI is InChI=1S/C11H14F3N3O3S/c12-11(13,14)8-2-1-3-9(6-8)21(19,20)17-7-10(18)16-5-4-15/h1-3,6,17H,4-5,7,15H2,(H,16,18). The molecule has 4 N–H and O–H groups in total. The third kappa shape index (κ3) is 5.33. The van der Waals surface area contributed by atoms with Crippen molar-refractivity contribution >= 4 is 15.9 Å². The van der Waals surface area contributed by atoms with Crippen LogP contribution in [-0.4, -0.2) is 34.0 Å². The summed E-state index contributed by atoms with van der Waals surface area (Å²) in [5.74, 6) is -0.629. The largest absolute Gasteiger partial charge is 0.416 e. The third-order valence-corrected chi connectivity index (χ3v) is 3.76. The van der Waals surface area contributed by atoms with E-state index in [-0.39, 0.29) is 13.1 Å². The van der Waals surface area contributed by atoms with Gasteiger partial charge in [0.15, 0.2) is 0 Å². The highest BCUT2D eigenvalue weighted by atomic mass is 32.2. The van der Waals surface area contributed by atoms with Crippen LogP contribution in [0.2, 0.25) is 0 Å². The molecule has 0 unspecified atom stereocenters. The molecule has 21 heavy (non-hydrogen) atoms. The summed E-state index contributed by atoms with van der Waals surface area (Å²) in [5, 5.41) is 2.32. The number of halogens is 3. The number of alkyl halides is 3. The molecule has 1 rings (SSSR count). The number of benzene rings is 1. The molecular formula is C11H14F3N3O3S. The van der Waals surface area contributed by atoms with Gasteiger partial charge in [-0.2, -0.15) is 13.2 Å². The van der Waals surface area contributed by atoms with E-state index in [1.54, 1.807) is 0 Å². The normalized spacial score (nSPS) is 12.2. The SMILES string of the molecule is NCCNC(=O)CNS(=O)(=O)c1cccc(C(F)(F)F)c1. The molecule has 0 fully saturated rings. The summed E-state index contributed by atoms with van der Waals surface area (Å²) < 4.78 is 63.1. The average molecular weight is 325 g/mol. The van der Waals surface area contributed by atoms with Gasteiger partial charge in [0.1, 0.15) is 0 Å². The quantitative estimate of drug-likeness (QED) is 0.688. The monoisotopic (exact) mass is 325 g/mol. The molecular weight excluding hydrogens is 311 g/mol. The second-order valence-corrected chi connectivity index (χ2v) is 5.76. The first kappa shape index (κ1) is 17.4. The maximum Gasteiger partial charge on any atom is 0.416 e. The molecule has 0 aliphatic carbocycles. The smallest absolute Gasteiger partial charge is 0.354 e. The summed E-state index contributed by atoms with van der Waals surface area (Å²) >= 11 is 0. The van der Waals surface area contributed by atoms with Gasteiger partial charge in [0.05, 0.1) is 17.0 Å². The Morgan fingerprint density at radius 2 is 1.95 bits per heavy atom. The number of carbonyl (C=O) groups is 1. The van der Waals surface area contributed by atoms with E-state index in [1.165, 1.54) is 0 Å². The predicted molar refractivity (Wildman–Crippen MR) is 68.7 cm³/mol. The van der Waals surface area contributed by atoms with Crippen LogP contribution in [0.4, 0.5) is 13.2 Å². The van der Waals surface area contributed by atoms with Gasteiger partial charge in [-0.25, -0.2) is 13.1 Å². The Bertz CT molecular complexity index is 602. The number of hydrogen-bond donors (Lipinski definition) is 3. The van der Waals surface area contributed by atoms with Crippen molar-refractivity contribution in [2.75, 3.05) is 19.6 Å². The Hall–Kier alpha value is -1.65. The molecule has 0 saturated carbocycles. The highest BCUT2D eigenvalue weighted by Crippen LogP contribution is 2.30. The van der Waals surface area contributed by atoms with E-state index in [2.05, 4.69) is 5.32 Å². The van der Waals surface area contributed by atoms with Crippen molar-refractivity contribution in [3.8, 4) is 0 Å². The van der Waals surface area contributed by atoms with Gasteiger partial charge >= 0.3 is 6.18 Å². The van der Waals surface area contributed by atoms with Gasteiger partial charge in [-0.05, 0) is 18.2 Å². The fourth-order valence-electron chi connectivity index (χ4n) is 1.36. The molecule has 1 aromatic rings. The van der Waals surface area contributed by atoms with E-state index in [9.17, 15) is 26.4 Å². The van der Waals surface area contributed by atoms with Crippen molar-refractivity contribution in [2.45, 2.75) is 11.1 Å². The highest BCUT2D eigenvalue weighted by molar-refractivity contribution is 7.89. The number of sulfonamides is 1. The van der Waals surface area contributed by atoms with Crippen LogP contribution in [0.15, 0.2) is 29.2 Å². The molecule has 0 aliphatic rings. The van der Waals surface area contributed by atoms with Crippen molar-refractivity contribution < 1.29 is 26.4 Å². The Morgan fingerprint density at radius 1 is 1.29 bits per heavy atom. The zero-order valence-electron chi connectivity index (χ0n) is 10.8. The summed E-state index contributed by atoms with van der Waals surface area (Å²) in [7, 11) is -4.21. The molecule has 10 heteroatoms. The molecule has 0 aliphatic heterocycles. The Balaban J connectivity index is 2.82. The lowest BCUT2D eigenvalue weighted by Gasteiger charge is -2.10. The van der Waals surface area contributed by atoms with Crippen molar-refractivity contribution in [3.63, 3.8) is 0 Å². The highest BCUT2D eigenvalue weighted by Gasteiger charge is 2.31. The van der Waals surface area contributed by atoms with E-state index >= 15 is 0 Å². The van der Waals surface area contributed by atoms with Crippen molar-refractivity contribution in [1.29, 1.82) is 0 Å². The van der Waals surface area contributed by atoms with E-state index in [0.29, 0.717) is 6.07 Å². The zero-order valence-corrected chi connectivity index (χ0v) is 11.6. The maximum absolute atomic E-state index is 12.5. The van der Waals surface area contributed by atoms with Crippen LogP contribution in [0.1, 0.15) is 5.56 Å². The molecule has 6 nitrogen and oxygen atoms in total. The number of hydrogen-bond acceptors (Lipinski definition) is 4. The number of carbonyl (C=O) groups excluding carboxylic acids is 1. The van der Waals surface area contributed by atoms with E-state index < -0.39 is 39.1 Å².